The molecule has 0 unspecified atom stereocenters. The molecule has 0 aromatic heterocycles. The van der Waals surface area contributed by atoms with Crippen LogP contribution in [0, 0.1) is 6.42 Å². The first-order valence-corrected chi connectivity index (χ1v) is 8.94. The maximum Gasteiger partial charge on any atom is 1.00 e. The van der Waals surface area contributed by atoms with Crippen molar-refractivity contribution in [3.63, 3.8) is 0 Å². The van der Waals surface area contributed by atoms with Crippen molar-refractivity contribution >= 4 is 18.4 Å². The second-order valence-corrected chi connectivity index (χ2v) is 13.6. The third kappa shape index (κ3) is 5.02. The van der Waals surface area contributed by atoms with E-state index in [0.717, 1.165) is 0 Å². The van der Waals surface area contributed by atoms with Crippen LogP contribution in [0.1, 0.15) is 27.7 Å². The van der Waals surface area contributed by atoms with Crippen molar-refractivity contribution in [3.8, 4) is 0 Å². The zero-order valence-electron chi connectivity index (χ0n) is 9.69. The molecular formula is C9H21LiSSi. The fourth-order valence-corrected chi connectivity index (χ4v) is 4.57. The van der Waals surface area contributed by atoms with E-state index in [1.807, 2.05) is 0 Å². The predicted molar refractivity (Wildman–Crippen MR) is 59.6 cm³/mol. The van der Waals surface area contributed by atoms with E-state index in [1.54, 1.807) is 0 Å². The van der Waals surface area contributed by atoms with E-state index in [1.165, 1.54) is 5.75 Å². The van der Waals surface area contributed by atoms with Gasteiger partial charge in [-0.15, -0.1) is 5.75 Å². The summed E-state index contributed by atoms with van der Waals surface area (Å²) < 4.78 is 0. The second-order valence-electron chi connectivity index (χ2n) is 4.48. The number of hydrogen-bond donors (Lipinski definition) is 0. The average molecular weight is 196 g/mol. The first-order chi connectivity index (χ1) is 4.81. The Kier molecular flexibility index (Phi) is 7.56. The Labute approximate surface area is 95.1 Å². The van der Waals surface area contributed by atoms with Crippen LogP contribution in [0.2, 0.25) is 18.1 Å². The zero-order valence-corrected chi connectivity index (χ0v) is 11.5. The van der Waals surface area contributed by atoms with Crippen LogP contribution in [0.25, 0.3) is 0 Å². The molecule has 0 spiro atoms. The van der Waals surface area contributed by atoms with Crippen LogP contribution in [0.3, 0.4) is 0 Å². The number of hydrogen-bond acceptors (Lipinski definition) is 1. The molecule has 12 heavy (non-hydrogen) atoms. The molecule has 0 bridgehead atoms. The van der Waals surface area contributed by atoms with Crippen LogP contribution in [-0.2, 0) is 0 Å². The molecule has 68 valence electrons. The molecule has 0 atom stereocenters. The number of rotatable bonds is 3. The van der Waals surface area contributed by atoms with Crippen LogP contribution >= 0.6 is 11.2 Å². The summed E-state index contributed by atoms with van der Waals surface area (Å²) in [6, 6.07) is 0. The summed E-state index contributed by atoms with van der Waals surface area (Å²) in [6.45, 7) is 14.1. The molecule has 0 aliphatic carbocycles. The van der Waals surface area contributed by atoms with Gasteiger partial charge >= 0.3 is 18.9 Å². The second kappa shape index (κ2) is 5.80. The van der Waals surface area contributed by atoms with Crippen LogP contribution in [0.4, 0.5) is 0 Å². The van der Waals surface area contributed by atoms with Crippen molar-refractivity contribution < 1.29 is 18.9 Å². The molecule has 0 rings (SSSR count). The monoisotopic (exact) mass is 196 g/mol. The molecule has 3 heteroatoms. The Morgan fingerprint density at radius 1 is 1.25 bits per heavy atom. The van der Waals surface area contributed by atoms with Gasteiger partial charge < -0.3 is 6.42 Å². The Morgan fingerprint density at radius 2 is 1.67 bits per heavy atom. The van der Waals surface area contributed by atoms with E-state index in [-0.39, 0.29) is 18.9 Å². The van der Waals surface area contributed by atoms with Crippen LogP contribution < -0.4 is 18.9 Å². The summed E-state index contributed by atoms with van der Waals surface area (Å²) in [5, 5.41) is 0.528. The van der Waals surface area contributed by atoms with Gasteiger partial charge in [-0.05, 0) is 5.04 Å². The van der Waals surface area contributed by atoms with E-state index in [4.69, 9.17) is 0 Å². The minimum absolute atomic E-state index is 0. The maximum absolute atomic E-state index is 2.46. The molecule has 0 fully saturated rings. The van der Waals surface area contributed by atoms with Gasteiger partial charge in [0.2, 0.25) is 0 Å². The van der Waals surface area contributed by atoms with Crippen molar-refractivity contribution in [3.05, 3.63) is 6.42 Å². The minimum Gasteiger partial charge on any atom is -0.322 e. The molecule has 0 aliphatic heterocycles. The topological polar surface area (TPSA) is 0 Å². The fraction of sp³-hybridized carbons (Fsp3) is 0.889. The predicted octanol–water partition coefficient (Wildman–Crippen LogP) is 0.953. The largest absolute Gasteiger partial charge is 1.00 e. The summed E-state index contributed by atoms with van der Waals surface area (Å²) in [7, 11) is -1.04. The van der Waals surface area contributed by atoms with Crippen LogP contribution in [0.5, 0.6) is 0 Å². The van der Waals surface area contributed by atoms with Gasteiger partial charge in [-0.3, -0.25) is 0 Å². The summed E-state index contributed by atoms with van der Waals surface area (Å²) in [5.41, 5.74) is 0. The van der Waals surface area contributed by atoms with Gasteiger partial charge in [0, 0.05) is 0 Å². The Bertz CT molecular complexity index is 118. The van der Waals surface area contributed by atoms with Crippen LogP contribution in [-0.4, -0.2) is 13.0 Å². The van der Waals surface area contributed by atoms with Gasteiger partial charge in [-0.1, -0.05) is 33.9 Å². The Hall–Kier alpha value is 1.16. The molecule has 0 aliphatic rings. The van der Waals surface area contributed by atoms with Gasteiger partial charge in [0.1, 0.15) is 7.22 Å². The van der Waals surface area contributed by atoms with Crippen molar-refractivity contribution in [1.29, 1.82) is 0 Å². The van der Waals surface area contributed by atoms with Crippen molar-refractivity contribution in [2.24, 2.45) is 0 Å². The molecule has 0 saturated heterocycles. The van der Waals surface area contributed by atoms with E-state index in [0.29, 0.717) is 5.04 Å². The summed E-state index contributed by atoms with van der Waals surface area (Å²) in [5.74, 6) is 1.22. The molecule has 0 radical (unpaired) electrons. The molecule has 0 saturated carbocycles. The molecule has 0 nitrogen and oxygen atoms in total. The normalized spacial score (nSPS) is 12.5. The molecular weight excluding hydrogens is 175 g/mol. The summed E-state index contributed by atoms with van der Waals surface area (Å²) >= 11 is 2.17. The van der Waals surface area contributed by atoms with Gasteiger partial charge in [-0.2, -0.15) is 6.92 Å². The fourth-order valence-electron chi connectivity index (χ4n) is 0.508. The van der Waals surface area contributed by atoms with Gasteiger partial charge in [0.25, 0.3) is 0 Å². The van der Waals surface area contributed by atoms with Crippen molar-refractivity contribution in [2.45, 2.75) is 45.8 Å². The molecule has 0 aromatic rings. The van der Waals surface area contributed by atoms with E-state index < -0.39 is 7.22 Å². The molecule has 0 aromatic carbocycles. The minimum atomic E-state index is -1.04. The first kappa shape index (κ1) is 15.6. The van der Waals surface area contributed by atoms with Crippen molar-refractivity contribution in [2.75, 3.05) is 5.75 Å². The molecule has 0 amide bonds. The maximum atomic E-state index is 2.46. The standard InChI is InChI=1S/C9H21SSi.Li/c1-7-8-10-11(5,6)9(2,3)4;/h7H,8H2,1-6H3;/q-1;+1. The van der Waals surface area contributed by atoms with E-state index in [2.05, 4.69) is 58.4 Å². The smallest absolute Gasteiger partial charge is 0.322 e. The summed E-state index contributed by atoms with van der Waals surface area (Å²) in [6.07, 6.45) is 2.26. The average Bonchev–Trinajstić information content (AvgIpc) is 1.81. The van der Waals surface area contributed by atoms with Gasteiger partial charge in [0.15, 0.2) is 0 Å². The third-order valence-corrected chi connectivity index (χ3v) is 11.8. The Balaban J connectivity index is 0. The first-order valence-electron chi connectivity index (χ1n) is 4.23. The van der Waals surface area contributed by atoms with Crippen LogP contribution in [0.15, 0.2) is 0 Å². The van der Waals surface area contributed by atoms with E-state index in [9.17, 15) is 0 Å². The van der Waals surface area contributed by atoms with Crippen molar-refractivity contribution in [1.82, 2.24) is 0 Å². The summed E-state index contributed by atoms with van der Waals surface area (Å²) in [4.78, 5) is 0. The third-order valence-electron chi connectivity index (χ3n) is 2.42. The quantitative estimate of drug-likeness (QED) is 0.478. The molecule has 0 heterocycles. The van der Waals surface area contributed by atoms with Gasteiger partial charge in [-0.25, -0.2) is 11.2 Å². The molecule has 0 N–H and O–H groups in total. The zero-order chi connectivity index (χ0) is 9.12. The SMILES string of the molecule is C[CH-]CS[Si](C)(C)C(C)(C)C.[Li+]. The Morgan fingerprint density at radius 3 is 1.92 bits per heavy atom. The van der Waals surface area contributed by atoms with E-state index >= 15 is 0 Å². The van der Waals surface area contributed by atoms with Gasteiger partial charge in [0.05, 0.1) is 0 Å².